The van der Waals surface area contributed by atoms with E-state index in [0.717, 1.165) is 0 Å². The molecule has 1 saturated heterocycles. The van der Waals surface area contributed by atoms with E-state index in [1.165, 1.54) is 6.07 Å². The number of nitrogens with zero attached hydrogens (tertiary/aromatic N) is 2. The van der Waals surface area contributed by atoms with Gasteiger partial charge in [-0.05, 0) is 13.3 Å². The Bertz CT molecular complexity index is 606. The van der Waals surface area contributed by atoms with Crippen LogP contribution in [0.3, 0.4) is 0 Å². The van der Waals surface area contributed by atoms with Crippen molar-refractivity contribution in [3.05, 3.63) is 22.1 Å². The van der Waals surface area contributed by atoms with Gasteiger partial charge in [-0.15, -0.1) is 0 Å². The molecule has 1 aromatic rings. The molecule has 4 N–H and O–H groups in total. The van der Waals surface area contributed by atoms with Crippen LogP contribution in [0.4, 0.5) is 5.95 Å². The highest BCUT2D eigenvalue weighted by atomic mass is 16.3. The Hall–Kier alpha value is -1.89. The van der Waals surface area contributed by atoms with Crippen LogP contribution in [0.1, 0.15) is 32.9 Å². The Labute approximate surface area is 123 Å². The molecule has 0 spiro atoms. The molecule has 0 bridgehead atoms. The topological polar surface area (TPSA) is 112 Å². The van der Waals surface area contributed by atoms with Crippen molar-refractivity contribution in [3.63, 3.8) is 0 Å². The van der Waals surface area contributed by atoms with Gasteiger partial charge in [-0.25, -0.2) is 4.98 Å². The zero-order chi connectivity index (χ0) is 15.8. The summed E-state index contributed by atoms with van der Waals surface area (Å²) < 4.78 is 0. The highest BCUT2D eigenvalue weighted by molar-refractivity contribution is 5.78. The van der Waals surface area contributed by atoms with Crippen molar-refractivity contribution in [2.45, 2.75) is 39.2 Å². The summed E-state index contributed by atoms with van der Waals surface area (Å²) in [6.07, 6.45) is 0.559. The molecule has 0 saturated carbocycles. The fraction of sp³-hybridized carbons (Fsp3) is 0.643. The van der Waals surface area contributed by atoms with Crippen molar-refractivity contribution in [1.29, 1.82) is 0 Å². The number of amides is 1. The van der Waals surface area contributed by atoms with E-state index in [1.807, 2.05) is 13.8 Å². The third-order valence-corrected chi connectivity index (χ3v) is 4.41. The van der Waals surface area contributed by atoms with Crippen molar-refractivity contribution in [2.75, 3.05) is 18.8 Å². The monoisotopic (exact) mass is 294 g/mol. The fourth-order valence-electron chi connectivity index (χ4n) is 2.52. The number of likely N-dealkylation sites (tertiary alicyclic amines) is 1. The molecule has 1 amide bonds. The molecular weight excluding hydrogens is 272 g/mol. The maximum atomic E-state index is 12.3. The number of H-pyrrole nitrogens is 1. The average Bonchev–Trinajstić information content (AvgIpc) is 2.31. The summed E-state index contributed by atoms with van der Waals surface area (Å²) in [5.41, 5.74) is 4.27. The lowest BCUT2D eigenvalue weighted by Crippen LogP contribution is -2.57. The third kappa shape index (κ3) is 3.24. The maximum Gasteiger partial charge on any atom is 0.252 e. The number of carbonyl (C=O) groups is 1. The van der Waals surface area contributed by atoms with E-state index in [2.05, 4.69) is 9.97 Å². The van der Waals surface area contributed by atoms with Crippen LogP contribution in [0.25, 0.3) is 0 Å². The van der Waals surface area contributed by atoms with Gasteiger partial charge in [0, 0.05) is 24.6 Å². The van der Waals surface area contributed by atoms with E-state index < -0.39 is 5.60 Å². The molecule has 1 aliphatic heterocycles. The van der Waals surface area contributed by atoms with Crippen LogP contribution in [0.5, 0.6) is 0 Å². The lowest BCUT2D eigenvalue weighted by atomic mass is 9.71. The molecule has 116 valence electrons. The molecule has 2 heterocycles. The van der Waals surface area contributed by atoms with E-state index in [4.69, 9.17) is 5.73 Å². The normalized spacial score (nSPS) is 24.9. The van der Waals surface area contributed by atoms with Gasteiger partial charge in [-0.2, -0.15) is 0 Å². The quantitative estimate of drug-likeness (QED) is 0.705. The Morgan fingerprint density at radius 2 is 2.19 bits per heavy atom. The first-order valence-corrected chi connectivity index (χ1v) is 6.97. The van der Waals surface area contributed by atoms with Gasteiger partial charge in [-0.3, -0.25) is 14.6 Å². The summed E-state index contributed by atoms with van der Waals surface area (Å²) >= 11 is 0. The van der Waals surface area contributed by atoms with E-state index >= 15 is 0 Å². The van der Waals surface area contributed by atoms with Crippen LogP contribution < -0.4 is 11.3 Å². The van der Waals surface area contributed by atoms with Crippen molar-refractivity contribution in [2.24, 2.45) is 5.41 Å². The highest BCUT2D eigenvalue weighted by Crippen LogP contribution is 2.38. The number of rotatable bonds is 2. The van der Waals surface area contributed by atoms with Crippen LogP contribution >= 0.6 is 0 Å². The van der Waals surface area contributed by atoms with Gasteiger partial charge in [-0.1, -0.05) is 13.8 Å². The van der Waals surface area contributed by atoms with E-state index in [9.17, 15) is 14.7 Å². The van der Waals surface area contributed by atoms with Gasteiger partial charge >= 0.3 is 0 Å². The first kappa shape index (κ1) is 15.5. The Morgan fingerprint density at radius 3 is 2.76 bits per heavy atom. The highest BCUT2D eigenvalue weighted by Gasteiger charge is 2.44. The molecule has 7 nitrogen and oxygen atoms in total. The van der Waals surface area contributed by atoms with Crippen molar-refractivity contribution in [3.8, 4) is 0 Å². The Kier molecular flexibility index (Phi) is 3.79. The summed E-state index contributed by atoms with van der Waals surface area (Å²) in [5, 5.41) is 10.4. The van der Waals surface area contributed by atoms with Gasteiger partial charge in [0.2, 0.25) is 11.9 Å². The molecule has 21 heavy (non-hydrogen) atoms. The first-order chi connectivity index (χ1) is 9.60. The molecule has 1 atom stereocenters. The average molecular weight is 294 g/mol. The second kappa shape index (κ2) is 5.14. The Balaban J connectivity index is 2.09. The number of carbonyl (C=O) groups excluding carboxylic acids is 1. The summed E-state index contributed by atoms with van der Waals surface area (Å²) in [4.78, 5) is 31.7. The number of anilines is 1. The molecule has 2 rings (SSSR count). The van der Waals surface area contributed by atoms with E-state index in [-0.39, 0.29) is 29.3 Å². The van der Waals surface area contributed by atoms with E-state index in [0.29, 0.717) is 25.2 Å². The summed E-state index contributed by atoms with van der Waals surface area (Å²) in [6.45, 7) is 6.64. The number of nitrogen functional groups attached to an aromatic ring is 1. The van der Waals surface area contributed by atoms with Crippen LogP contribution in [-0.2, 0) is 11.2 Å². The van der Waals surface area contributed by atoms with Crippen LogP contribution in [0.15, 0.2) is 10.9 Å². The maximum absolute atomic E-state index is 12.3. The SMILES string of the molecule is CC1(C)CN(C(=O)Cc2cc(=O)[nH]c(N)n2)CC[C@@]1(C)O. The first-order valence-electron chi connectivity index (χ1n) is 6.97. The second-order valence-corrected chi connectivity index (χ2v) is 6.52. The third-order valence-electron chi connectivity index (χ3n) is 4.41. The van der Waals surface area contributed by atoms with Crippen molar-refractivity contribution < 1.29 is 9.90 Å². The fourth-order valence-corrected chi connectivity index (χ4v) is 2.52. The predicted octanol–water partition coefficient (Wildman–Crippen LogP) is -0.0959. The summed E-state index contributed by atoms with van der Waals surface area (Å²) in [5.74, 6) is -0.108. The lowest BCUT2D eigenvalue weighted by Gasteiger charge is -2.48. The van der Waals surface area contributed by atoms with Crippen molar-refractivity contribution in [1.82, 2.24) is 14.9 Å². The zero-order valence-corrected chi connectivity index (χ0v) is 12.6. The number of nitrogens with two attached hydrogens (primary N) is 1. The number of hydrogen-bond acceptors (Lipinski definition) is 5. The number of aromatic nitrogens is 2. The molecule has 1 aliphatic rings. The largest absolute Gasteiger partial charge is 0.389 e. The van der Waals surface area contributed by atoms with Crippen molar-refractivity contribution >= 4 is 11.9 Å². The summed E-state index contributed by atoms with van der Waals surface area (Å²) in [6, 6.07) is 1.28. The molecule has 0 radical (unpaired) electrons. The molecule has 0 aromatic carbocycles. The molecule has 0 unspecified atom stereocenters. The van der Waals surface area contributed by atoms with Gasteiger partial charge in [0.15, 0.2) is 0 Å². The number of hydrogen-bond donors (Lipinski definition) is 3. The molecule has 7 heteroatoms. The second-order valence-electron chi connectivity index (χ2n) is 6.52. The molecule has 0 aliphatic carbocycles. The van der Waals surface area contributed by atoms with Gasteiger partial charge < -0.3 is 15.7 Å². The van der Waals surface area contributed by atoms with Crippen LogP contribution in [0, 0.1) is 5.41 Å². The number of nitrogens with one attached hydrogen (secondary N) is 1. The molecule has 1 fully saturated rings. The number of aliphatic hydroxyl groups is 1. The minimum atomic E-state index is -0.795. The minimum Gasteiger partial charge on any atom is -0.389 e. The number of aromatic amines is 1. The Morgan fingerprint density at radius 1 is 1.52 bits per heavy atom. The lowest BCUT2D eigenvalue weighted by molar-refractivity contribution is -0.146. The van der Waals surface area contributed by atoms with Gasteiger partial charge in [0.1, 0.15) is 0 Å². The number of piperidine rings is 1. The van der Waals surface area contributed by atoms with Crippen LogP contribution in [-0.4, -0.2) is 44.6 Å². The van der Waals surface area contributed by atoms with Crippen LogP contribution in [0.2, 0.25) is 0 Å². The zero-order valence-electron chi connectivity index (χ0n) is 12.6. The molecule has 1 aromatic heterocycles. The minimum absolute atomic E-state index is 0.00667. The van der Waals surface area contributed by atoms with Gasteiger partial charge in [0.25, 0.3) is 5.56 Å². The van der Waals surface area contributed by atoms with E-state index in [1.54, 1.807) is 11.8 Å². The summed E-state index contributed by atoms with van der Waals surface area (Å²) in [7, 11) is 0. The predicted molar refractivity (Wildman–Crippen MR) is 78.6 cm³/mol. The molecular formula is C14H22N4O3. The van der Waals surface area contributed by atoms with Gasteiger partial charge in [0.05, 0.1) is 17.7 Å². The standard InChI is InChI=1S/C14H22N4O3/c1-13(2)8-18(5-4-14(13,3)21)11(20)7-9-6-10(19)17-12(15)16-9/h6,21H,4-5,7-8H2,1-3H3,(H3,15,16,17,19)/t14-/m1/s1. The smallest absolute Gasteiger partial charge is 0.252 e.